The molecule has 0 spiro atoms. The van der Waals surface area contributed by atoms with Crippen molar-refractivity contribution in [2.75, 3.05) is 19.6 Å². The summed E-state index contributed by atoms with van der Waals surface area (Å²) < 4.78 is 2.28. The molecule has 1 aliphatic heterocycles. The summed E-state index contributed by atoms with van der Waals surface area (Å²) in [5.74, 6) is 0. The fourth-order valence-corrected chi connectivity index (χ4v) is 3.55. The number of hydrogen-bond donors (Lipinski definition) is 1. The van der Waals surface area contributed by atoms with E-state index in [0.717, 1.165) is 19.6 Å². The van der Waals surface area contributed by atoms with Crippen LogP contribution in [0.15, 0.2) is 24.3 Å². The fourth-order valence-electron chi connectivity index (χ4n) is 3.55. The molecule has 21 heavy (non-hydrogen) atoms. The van der Waals surface area contributed by atoms with Gasteiger partial charge in [0.1, 0.15) is 0 Å². The summed E-state index contributed by atoms with van der Waals surface area (Å²) in [6, 6.07) is 8.49. The van der Waals surface area contributed by atoms with Crippen LogP contribution in [0.1, 0.15) is 30.5 Å². The second-order valence-corrected chi connectivity index (χ2v) is 6.35. The zero-order chi connectivity index (χ0) is 14.8. The molecule has 0 aliphatic carbocycles. The Hall–Kier alpha value is -1.32. The van der Waals surface area contributed by atoms with E-state index in [-0.39, 0.29) is 6.10 Å². The normalized spacial score (nSPS) is 18.2. The molecule has 1 aliphatic rings. The lowest BCUT2D eigenvalue weighted by molar-refractivity contribution is 0.0888. The highest BCUT2D eigenvalue weighted by atomic mass is 16.3. The Morgan fingerprint density at radius 3 is 2.52 bits per heavy atom. The zero-order valence-electron chi connectivity index (χ0n) is 13.2. The van der Waals surface area contributed by atoms with Gasteiger partial charge in [0.2, 0.25) is 0 Å². The highest BCUT2D eigenvalue weighted by molar-refractivity contribution is 5.85. The van der Waals surface area contributed by atoms with E-state index in [2.05, 4.69) is 47.6 Å². The van der Waals surface area contributed by atoms with Crippen molar-refractivity contribution in [2.45, 2.75) is 45.8 Å². The standard InChI is InChI=1S/C18H26N2O/c1-14-15(2)20(18-9-5-4-8-17(14)18)13-16(21)12-19-10-6-3-7-11-19/h4-5,8-9,16,21H,3,6-7,10-13H2,1-2H3/t16-/m1/s1. The number of likely N-dealkylation sites (tertiary alicyclic amines) is 1. The molecule has 2 aromatic rings. The highest BCUT2D eigenvalue weighted by Crippen LogP contribution is 2.25. The van der Waals surface area contributed by atoms with Gasteiger partial charge in [0.05, 0.1) is 12.6 Å². The molecule has 0 saturated carbocycles. The van der Waals surface area contributed by atoms with Crippen molar-refractivity contribution in [3.05, 3.63) is 35.5 Å². The van der Waals surface area contributed by atoms with E-state index in [1.807, 2.05) is 0 Å². The van der Waals surface area contributed by atoms with E-state index >= 15 is 0 Å². The molecular formula is C18H26N2O. The third-order valence-corrected chi connectivity index (χ3v) is 4.86. The van der Waals surface area contributed by atoms with Crippen molar-refractivity contribution in [1.82, 2.24) is 9.47 Å². The minimum Gasteiger partial charge on any atom is -0.390 e. The molecule has 0 radical (unpaired) electrons. The van der Waals surface area contributed by atoms with E-state index in [0.29, 0.717) is 6.54 Å². The molecule has 0 amide bonds. The average molecular weight is 286 g/mol. The van der Waals surface area contributed by atoms with Crippen LogP contribution in [0.3, 0.4) is 0 Å². The van der Waals surface area contributed by atoms with E-state index in [1.54, 1.807) is 0 Å². The van der Waals surface area contributed by atoms with Gasteiger partial charge in [0, 0.05) is 23.1 Å². The molecule has 2 heterocycles. The van der Waals surface area contributed by atoms with Crippen LogP contribution in [0, 0.1) is 13.8 Å². The highest BCUT2D eigenvalue weighted by Gasteiger charge is 2.17. The summed E-state index contributed by atoms with van der Waals surface area (Å²) in [6.45, 7) is 8.10. The number of aliphatic hydroxyl groups is 1. The largest absolute Gasteiger partial charge is 0.390 e. The molecule has 0 unspecified atom stereocenters. The number of aliphatic hydroxyl groups excluding tert-OH is 1. The predicted molar refractivity (Wildman–Crippen MR) is 87.7 cm³/mol. The molecule has 114 valence electrons. The third-order valence-electron chi connectivity index (χ3n) is 4.86. The molecule has 1 atom stereocenters. The van der Waals surface area contributed by atoms with Gasteiger partial charge in [-0.15, -0.1) is 0 Å². The number of hydrogen-bond acceptors (Lipinski definition) is 2. The number of aryl methyl sites for hydroxylation is 1. The van der Waals surface area contributed by atoms with E-state index in [1.165, 1.54) is 41.4 Å². The van der Waals surface area contributed by atoms with Gasteiger partial charge in [-0.05, 0) is 51.4 Å². The Morgan fingerprint density at radius 2 is 1.76 bits per heavy atom. The maximum atomic E-state index is 10.5. The minimum atomic E-state index is -0.294. The number of fused-ring (bicyclic) bond motifs is 1. The average Bonchev–Trinajstić information content (AvgIpc) is 2.74. The summed E-state index contributed by atoms with van der Waals surface area (Å²) in [6.07, 6.45) is 3.60. The van der Waals surface area contributed by atoms with Gasteiger partial charge >= 0.3 is 0 Å². The first kappa shape index (κ1) is 14.6. The molecule has 1 fully saturated rings. The van der Waals surface area contributed by atoms with Crippen molar-refractivity contribution in [3.8, 4) is 0 Å². The van der Waals surface area contributed by atoms with Crippen LogP contribution in [-0.2, 0) is 6.54 Å². The Bertz CT molecular complexity index is 611. The first-order valence-corrected chi connectivity index (χ1v) is 8.11. The minimum absolute atomic E-state index is 0.294. The number of piperidine rings is 1. The number of nitrogens with zero attached hydrogens (tertiary/aromatic N) is 2. The molecule has 3 heteroatoms. The maximum Gasteiger partial charge on any atom is 0.0845 e. The smallest absolute Gasteiger partial charge is 0.0845 e. The summed E-state index contributed by atoms with van der Waals surface area (Å²) in [5.41, 5.74) is 3.84. The number of rotatable bonds is 4. The fraction of sp³-hybridized carbons (Fsp3) is 0.556. The van der Waals surface area contributed by atoms with Gasteiger partial charge in [-0.1, -0.05) is 24.6 Å². The van der Waals surface area contributed by atoms with Crippen LogP contribution in [0.4, 0.5) is 0 Å². The van der Waals surface area contributed by atoms with Gasteiger partial charge in [-0.25, -0.2) is 0 Å². The van der Waals surface area contributed by atoms with Crippen LogP contribution in [-0.4, -0.2) is 40.3 Å². The molecule has 1 N–H and O–H groups in total. The van der Waals surface area contributed by atoms with Gasteiger partial charge in [0.15, 0.2) is 0 Å². The lowest BCUT2D eigenvalue weighted by Crippen LogP contribution is -2.38. The molecule has 1 aromatic carbocycles. The van der Waals surface area contributed by atoms with Gasteiger partial charge in [-0.3, -0.25) is 0 Å². The zero-order valence-corrected chi connectivity index (χ0v) is 13.2. The van der Waals surface area contributed by atoms with Crippen LogP contribution in [0.25, 0.3) is 10.9 Å². The van der Waals surface area contributed by atoms with Crippen LogP contribution in [0.5, 0.6) is 0 Å². The second kappa shape index (κ2) is 6.20. The van der Waals surface area contributed by atoms with Crippen molar-refractivity contribution < 1.29 is 5.11 Å². The molecule has 3 rings (SSSR count). The molecule has 1 saturated heterocycles. The second-order valence-electron chi connectivity index (χ2n) is 6.35. The number of para-hydroxylation sites is 1. The Morgan fingerprint density at radius 1 is 1.05 bits per heavy atom. The first-order chi connectivity index (χ1) is 10.2. The molecule has 1 aromatic heterocycles. The number of benzene rings is 1. The summed E-state index contributed by atoms with van der Waals surface area (Å²) in [7, 11) is 0. The van der Waals surface area contributed by atoms with Gasteiger partial charge in [-0.2, -0.15) is 0 Å². The van der Waals surface area contributed by atoms with Crippen molar-refractivity contribution in [3.63, 3.8) is 0 Å². The van der Waals surface area contributed by atoms with E-state index in [9.17, 15) is 5.11 Å². The van der Waals surface area contributed by atoms with Crippen LogP contribution in [0.2, 0.25) is 0 Å². The number of aromatic nitrogens is 1. The summed E-state index contributed by atoms with van der Waals surface area (Å²) in [4.78, 5) is 2.40. The van der Waals surface area contributed by atoms with Crippen LogP contribution < -0.4 is 0 Å². The maximum absolute atomic E-state index is 10.5. The lowest BCUT2D eigenvalue weighted by Gasteiger charge is -2.28. The third kappa shape index (κ3) is 2.99. The van der Waals surface area contributed by atoms with Gasteiger partial charge in [0.25, 0.3) is 0 Å². The number of β-amino-alcohol motifs (C(OH)–C–C–N with tert-alkyl or cyclic N) is 1. The Labute approximate surface area is 127 Å². The quantitative estimate of drug-likeness (QED) is 0.935. The molecule has 3 nitrogen and oxygen atoms in total. The SMILES string of the molecule is Cc1c(C)n(C[C@H](O)CN2CCCCC2)c2ccccc12. The van der Waals surface area contributed by atoms with Crippen molar-refractivity contribution >= 4 is 10.9 Å². The summed E-state index contributed by atoms with van der Waals surface area (Å²) in [5, 5.41) is 11.8. The lowest BCUT2D eigenvalue weighted by atomic mass is 10.1. The van der Waals surface area contributed by atoms with E-state index < -0.39 is 0 Å². The Kier molecular flexibility index (Phi) is 4.32. The molecule has 0 bridgehead atoms. The van der Waals surface area contributed by atoms with Gasteiger partial charge < -0.3 is 14.6 Å². The molecular weight excluding hydrogens is 260 g/mol. The van der Waals surface area contributed by atoms with E-state index in [4.69, 9.17) is 0 Å². The first-order valence-electron chi connectivity index (χ1n) is 8.11. The summed E-state index contributed by atoms with van der Waals surface area (Å²) >= 11 is 0. The van der Waals surface area contributed by atoms with Crippen LogP contribution >= 0.6 is 0 Å². The topological polar surface area (TPSA) is 28.4 Å². The van der Waals surface area contributed by atoms with Crippen molar-refractivity contribution in [1.29, 1.82) is 0 Å². The monoisotopic (exact) mass is 286 g/mol. The van der Waals surface area contributed by atoms with Crippen molar-refractivity contribution in [2.24, 2.45) is 0 Å². The predicted octanol–water partition coefficient (Wildman–Crippen LogP) is 3.10. The Balaban J connectivity index is 1.76.